The molecule has 0 aliphatic carbocycles. The molecule has 43 heavy (non-hydrogen) atoms. The zero-order chi connectivity index (χ0) is 30.7. The molecule has 0 unspecified atom stereocenters. The second kappa shape index (κ2) is 12.9. The third-order valence-electron chi connectivity index (χ3n) is 7.11. The molecule has 3 aromatic carbocycles. The Morgan fingerprint density at radius 2 is 1.77 bits per heavy atom. The van der Waals surface area contributed by atoms with Crippen molar-refractivity contribution < 1.29 is 23.7 Å². The van der Waals surface area contributed by atoms with Gasteiger partial charge in [-0.25, -0.2) is 9.79 Å². The number of carbonyl (C=O) groups excluding carboxylic acids is 1. The van der Waals surface area contributed by atoms with Crippen LogP contribution >= 0.6 is 11.3 Å². The first-order valence-corrected chi connectivity index (χ1v) is 15.2. The molecule has 2 heterocycles. The van der Waals surface area contributed by atoms with Crippen LogP contribution in [0.3, 0.4) is 0 Å². The van der Waals surface area contributed by atoms with Crippen LogP contribution in [0.5, 0.6) is 17.2 Å². The number of esters is 1. The van der Waals surface area contributed by atoms with Crippen LogP contribution in [0.25, 0.3) is 16.8 Å². The maximum absolute atomic E-state index is 14.2. The summed E-state index contributed by atoms with van der Waals surface area (Å²) < 4.78 is 25.2. The molecule has 5 rings (SSSR count). The van der Waals surface area contributed by atoms with E-state index in [4.69, 9.17) is 23.9 Å². The number of hydrogen-bond donors (Lipinski definition) is 0. The predicted octanol–water partition coefficient (Wildman–Crippen LogP) is 5.39. The van der Waals surface area contributed by atoms with E-state index in [0.717, 1.165) is 22.1 Å². The Labute approximate surface area is 254 Å². The van der Waals surface area contributed by atoms with E-state index in [-0.39, 0.29) is 17.7 Å². The summed E-state index contributed by atoms with van der Waals surface area (Å²) in [5, 5.41) is 1.95. The van der Waals surface area contributed by atoms with Crippen molar-refractivity contribution in [1.82, 2.24) is 4.57 Å². The summed E-state index contributed by atoms with van der Waals surface area (Å²) in [6.45, 7) is 10.8. The highest BCUT2D eigenvalue weighted by molar-refractivity contribution is 7.07. The van der Waals surface area contributed by atoms with Crippen LogP contribution in [-0.4, -0.2) is 37.5 Å². The first-order chi connectivity index (χ1) is 20.8. The smallest absolute Gasteiger partial charge is 0.338 e. The topological polar surface area (TPSA) is 88.4 Å². The highest BCUT2D eigenvalue weighted by atomic mass is 32.1. The summed E-state index contributed by atoms with van der Waals surface area (Å²) in [5.74, 6) is 1.64. The molecular weight excluding hydrogens is 564 g/mol. The number of nitrogens with zero attached hydrogens (tertiary/aromatic N) is 2. The van der Waals surface area contributed by atoms with Gasteiger partial charge in [-0.2, -0.15) is 0 Å². The fourth-order valence-corrected chi connectivity index (χ4v) is 6.28. The van der Waals surface area contributed by atoms with E-state index >= 15 is 0 Å². The molecule has 0 N–H and O–H groups in total. The van der Waals surface area contributed by atoms with E-state index in [1.807, 2.05) is 61.5 Å². The Kier molecular flexibility index (Phi) is 9.01. The minimum atomic E-state index is -0.822. The first kappa shape index (κ1) is 30.1. The second-order valence-corrected chi connectivity index (χ2v) is 11.5. The van der Waals surface area contributed by atoms with Gasteiger partial charge in [0.25, 0.3) is 5.56 Å². The monoisotopic (exact) mass is 600 g/mol. The zero-order valence-electron chi connectivity index (χ0n) is 25.3. The molecule has 8 nitrogen and oxygen atoms in total. The lowest BCUT2D eigenvalue weighted by Crippen LogP contribution is -2.40. The second-order valence-electron chi connectivity index (χ2n) is 10.5. The Morgan fingerprint density at radius 1 is 1.00 bits per heavy atom. The minimum Gasteiger partial charge on any atom is -0.493 e. The molecule has 1 atom stereocenters. The molecule has 0 radical (unpaired) electrons. The average Bonchev–Trinajstić information content (AvgIpc) is 3.30. The Morgan fingerprint density at radius 3 is 2.47 bits per heavy atom. The lowest BCUT2D eigenvalue weighted by Gasteiger charge is -2.26. The molecular formula is C34H36N2O6S. The number of rotatable bonds is 10. The van der Waals surface area contributed by atoms with Crippen molar-refractivity contribution in [3.63, 3.8) is 0 Å². The minimum absolute atomic E-state index is 0.188. The number of fused-ring (bicyclic) bond motifs is 2. The van der Waals surface area contributed by atoms with E-state index in [1.165, 1.54) is 11.3 Å². The molecule has 0 amide bonds. The average molecular weight is 601 g/mol. The van der Waals surface area contributed by atoms with Crippen molar-refractivity contribution in [3.8, 4) is 17.2 Å². The van der Waals surface area contributed by atoms with Crippen LogP contribution in [0.1, 0.15) is 51.8 Å². The number of ether oxygens (including phenoxy) is 4. The van der Waals surface area contributed by atoms with Gasteiger partial charge in [0.2, 0.25) is 0 Å². The molecule has 4 aromatic rings. The van der Waals surface area contributed by atoms with Gasteiger partial charge in [0.15, 0.2) is 16.3 Å². The first-order valence-electron chi connectivity index (χ1n) is 14.4. The number of methoxy groups -OCH3 is 1. The largest absolute Gasteiger partial charge is 0.493 e. The molecule has 0 saturated carbocycles. The lowest BCUT2D eigenvalue weighted by atomic mass is 9.94. The fourth-order valence-electron chi connectivity index (χ4n) is 5.24. The van der Waals surface area contributed by atoms with Gasteiger partial charge in [0, 0.05) is 10.9 Å². The summed E-state index contributed by atoms with van der Waals surface area (Å²) >= 11 is 1.28. The molecule has 1 aromatic heterocycles. The van der Waals surface area contributed by atoms with Crippen LogP contribution in [0, 0.1) is 5.92 Å². The zero-order valence-corrected chi connectivity index (χ0v) is 26.1. The van der Waals surface area contributed by atoms with Crippen molar-refractivity contribution in [2.24, 2.45) is 10.9 Å². The SMILES string of the molecule is CCOC(=O)C1=C(C)N=c2s/c(=C/c3ccc(OCC(C)C)c4ccccc34)c(=O)n2[C@H]1c1cccc(OC)c1OCC. The highest BCUT2D eigenvalue weighted by Gasteiger charge is 2.36. The van der Waals surface area contributed by atoms with E-state index in [0.29, 0.717) is 51.2 Å². The summed E-state index contributed by atoms with van der Waals surface area (Å²) in [4.78, 5) is 32.8. The van der Waals surface area contributed by atoms with Gasteiger partial charge in [0.1, 0.15) is 11.8 Å². The molecule has 0 bridgehead atoms. The lowest BCUT2D eigenvalue weighted by molar-refractivity contribution is -0.139. The Hall–Kier alpha value is -4.37. The number of hydrogen-bond acceptors (Lipinski definition) is 8. The van der Waals surface area contributed by atoms with Crippen LogP contribution in [0.4, 0.5) is 0 Å². The number of allylic oxidation sites excluding steroid dienone is 1. The third kappa shape index (κ3) is 5.82. The molecule has 0 saturated heterocycles. The summed E-state index contributed by atoms with van der Waals surface area (Å²) in [6, 6.07) is 16.6. The number of carbonyl (C=O) groups is 1. The molecule has 1 aliphatic rings. The standard InChI is InChI=1S/C34H36N2O6S/c1-7-40-31-25(14-11-15-27(31)39-6)30-29(33(38)41-8-2)21(5)35-34-36(30)32(37)28(43-34)18-22-16-17-26(42-19-20(3)4)24-13-10-9-12-23(22)24/h9-18,20,30H,7-8,19H2,1-6H3/b28-18+/t30-/m0/s1. The van der Waals surface area contributed by atoms with Gasteiger partial charge in [-0.05, 0) is 55.8 Å². The Balaban J connectivity index is 1.74. The van der Waals surface area contributed by atoms with Crippen molar-refractivity contribution in [1.29, 1.82) is 0 Å². The number of para-hydroxylation sites is 1. The van der Waals surface area contributed by atoms with Crippen LogP contribution < -0.4 is 29.1 Å². The summed E-state index contributed by atoms with van der Waals surface area (Å²) in [6.07, 6.45) is 1.88. The summed E-state index contributed by atoms with van der Waals surface area (Å²) in [5.41, 5.74) is 2.00. The van der Waals surface area contributed by atoms with Gasteiger partial charge in [-0.3, -0.25) is 9.36 Å². The third-order valence-corrected chi connectivity index (χ3v) is 8.09. The Bertz CT molecular complexity index is 1890. The molecule has 1 aliphatic heterocycles. The predicted molar refractivity (Wildman–Crippen MR) is 169 cm³/mol. The van der Waals surface area contributed by atoms with Crippen LogP contribution in [-0.2, 0) is 9.53 Å². The fraction of sp³-hybridized carbons (Fsp3) is 0.324. The number of thiazole rings is 1. The molecule has 224 valence electrons. The van der Waals surface area contributed by atoms with E-state index in [9.17, 15) is 9.59 Å². The number of benzene rings is 3. The van der Waals surface area contributed by atoms with Crippen molar-refractivity contribution in [2.45, 2.75) is 40.7 Å². The maximum atomic E-state index is 14.2. The van der Waals surface area contributed by atoms with Gasteiger partial charge >= 0.3 is 5.97 Å². The van der Waals surface area contributed by atoms with Crippen molar-refractivity contribution in [2.75, 3.05) is 26.9 Å². The molecule has 0 fully saturated rings. The summed E-state index contributed by atoms with van der Waals surface area (Å²) in [7, 11) is 1.56. The van der Waals surface area contributed by atoms with E-state index < -0.39 is 12.0 Å². The van der Waals surface area contributed by atoms with Crippen molar-refractivity contribution in [3.05, 3.63) is 96.7 Å². The normalized spacial score (nSPS) is 15.0. The van der Waals surface area contributed by atoms with Crippen molar-refractivity contribution >= 4 is 34.2 Å². The van der Waals surface area contributed by atoms with Crippen LogP contribution in [0.2, 0.25) is 0 Å². The van der Waals surface area contributed by atoms with Gasteiger partial charge in [-0.15, -0.1) is 0 Å². The molecule has 9 heteroatoms. The van der Waals surface area contributed by atoms with Crippen LogP contribution in [0.15, 0.2) is 75.7 Å². The highest BCUT2D eigenvalue weighted by Crippen LogP contribution is 2.41. The molecule has 0 spiro atoms. The maximum Gasteiger partial charge on any atom is 0.338 e. The quantitative estimate of drug-likeness (QED) is 0.227. The van der Waals surface area contributed by atoms with E-state index in [1.54, 1.807) is 31.6 Å². The van der Waals surface area contributed by atoms with E-state index in [2.05, 4.69) is 13.8 Å². The van der Waals surface area contributed by atoms with Gasteiger partial charge in [0.05, 0.1) is 42.7 Å². The van der Waals surface area contributed by atoms with Gasteiger partial charge in [-0.1, -0.05) is 67.6 Å². The van der Waals surface area contributed by atoms with Gasteiger partial charge < -0.3 is 18.9 Å². The number of aromatic nitrogens is 1.